The van der Waals surface area contributed by atoms with Gasteiger partial charge in [-0.25, -0.2) is 0 Å². The highest BCUT2D eigenvalue weighted by atomic mass is 32.1. The van der Waals surface area contributed by atoms with Crippen molar-refractivity contribution in [3.63, 3.8) is 0 Å². The Balaban J connectivity index is 1.63. The zero-order valence-corrected chi connectivity index (χ0v) is 15.2. The van der Waals surface area contributed by atoms with Gasteiger partial charge < -0.3 is 10.1 Å². The highest BCUT2D eigenvalue weighted by Gasteiger charge is 2.08. The van der Waals surface area contributed by atoms with Crippen molar-refractivity contribution in [2.45, 2.75) is 27.4 Å². The number of benzene rings is 2. The summed E-state index contributed by atoms with van der Waals surface area (Å²) in [5.41, 5.74) is 5.33. The van der Waals surface area contributed by atoms with E-state index in [1.54, 1.807) is 24.3 Å². The summed E-state index contributed by atoms with van der Waals surface area (Å²) in [5, 5.41) is 2.92. The Morgan fingerprint density at radius 1 is 1.04 bits per heavy atom. The van der Waals surface area contributed by atoms with E-state index in [0.29, 0.717) is 17.9 Å². The first-order chi connectivity index (χ1) is 12.0. The number of rotatable bonds is 5. The minimum atomic E-state index is -0.143. The van der Waals surface area contributed by atoms with E-state index in [4.69, 9.17) is 4.74 Å². The maximum Gasteiger partial charge on any atom is 0.255 e. The first-order valence-corrected chi connectivity index (χ1v) is 8.65. The van der Waals surface area contributed by atoms with Crippen LogP contribution in [0, 0.1) is 20.8 Å². The number of aryl methyl sites for hydroxylation is 3. The van der Waals surface area contributed by atoms with Gasteiger partial charge >= 0.3 is 0 Å². The first-order valence-electron chi connectivity index (χ1n) is 7.92. The summed E-state index contributed by atoms with van der Waals surface area (Å²) in [6, 6.07) is 13.0. The Hall–Kier alpha value is -2.73. The molecule has 1 amide bonds. The maximum atomic E-state index is 12.4. The molecule has 0 bridgehead atoms. The average molecular weight is 353 g/mol. The summed E-state index contributed by atoms with van der Waals surface area (Å²) >= 11 is 1.18. The molecule has 0 aliphatic carbocycles. The standard InChI is InChI=1S/C19H19N3O2S/c1-12-8-13(2)10-16(9-12)20-19(23)15-4-6-17(7-5-15)24-11-18-14(3)21-25-22-18/h4-10H,11H2,1-3H3,(H,20,23). The van der Waals surface area contributed by atoms with E-state index < -0.39 is 0 Å². The number of anilines is 1. The van der Waals surface area contributed by atoms with Crippen LogP contribution in [-0.4, -0.2) is 14.7 Å². The van der Waals surface area contributed by atoms with Crippen molar-refractivity contribution in [2.75, 3.05) is 5.32 Å². The molecule has 0 spiro atoms. The smallest absolute Gasteiger partial charge is 0.255 e. The quantitative estimate of drug-likeness (QED) is 0.743. The molecule has 5 nitrogen and oxygen atoms in total. The van der Waals surface area contributed by atoms with Gasteiger partial charge in [0.2, 0.25) is 0 Å². The lowest BCUT2D eigenvalue weighted by Gasteiger charge is -2.09. The fraction of sp³-hybridized carbons (Fsp3) is 0.211. The SMILES string of the molecule is Cc1cc(C)cc(NC(=O)c2ccc(OCc3nsnc3C)cc2)c1. The van der Waals surface area contributed by atoms with Crippen LogP contribution in [0.15, 0.2) is 42.5 Å². The van der Waals surface area contributed by atoms with Gasteiger partial charge in [-0.2, -0.15) is 8.75 Å². The number of hydrogen-bond donors (Lipinski definition) is 1. The Kier molecular flexibility index (Phi) is 5.09. The van der Waals surface area contributed by atoms with E-state index in [1.807, 2.05) is 32.9 Å². The molecule has 25 heavy (non-hydrogen) atoms. The highest BCUT2D eigenvalue weighted by Crippen LogP contribution is 2.18. The lowest BCUT2D eigenvalue weighted by molar-refractivity contribution is 0.102. The molecule has 2 aromatic carbocycles. The molecule has 0 fully saturated rings. The van der Waals surface area contributed by atoms with Crippen LogP contribution in [0.4, 0.5) is 5.69 Å². The molecule has 1 aromatic heterocycles. The van der Waals surface area contributed by atoms with Crippen LogP contribution in [0.1, 0.15) is 32.9 Å². The minimum absolute atomic E-state index is 0.143. The third kappa shape index (κ3) is 4.42. The first kappa shape index (κ1) is 17.1. The zero-order valence-electron chi connectivity index (χ0n) is 14.4. The van der Waals surface area contributed by atoms with Crippen LogP contribution in [0.5, 0.6) is 5.75 Å². The molecule has 0 atom stereocenters. The van der Waals surface area contributed by atoms with Gasteiger partial charge in [-0.1, -0.05) is 6.07 Å². The largest absolute Gasteiger partial charge is 0.487 e. The summed E-state index contributed by atoms with van der Waals surface area (Å²) < 4.78 is 14.0. The third-order valence-electron chi connectivity index (χ3n) is 3.72. The molecule has 6 heteroatoms. The second-order valence-electron chi connectivity index (χ2n) is 5.94. The molecule has 3 aromatic rings. The lowest BCUT2D eigenvalue weighted by Crippen LogP contribution is -2.12. The number of aromatic nitrogens is 2. The molecule has 1 N–H and O–H groups in total. The molecule has 0 unspecified atom stereocenters. The van der Waals surface area contributed by atoms with Crippen molar-refractivity contribution in [1.29, 1.82) is 0 Å². The van der Waals surface area contributed by atoms with Crippen LogP contribution >= 0.6 is 11.7 Å². The molecule has 3 rings (SSSR count). The van der Waals surface area contributed by atoms with E-state index in [0.717, 1.165) is 28.2 Å². The van der Waals surface area contributed by atoms with Gasteiger partial charge in [0.05, 0.1) is 17.4 Å². The van der Waals surface area contributed by atoms with Crippen molar-refractivity contribution in [3.05, 3.63) is 70.5 Å². The molecular weight excluding hydrogens is 334 g/mol. The van der Waals surface area contributed by atoms with Crippen LogP contribution < -0.4 is 10.1 Å². The summed E-state index contributed by atoms with van der Waals surface area (Å²) in [6.45, 7) is 6.29. The predicted molar refractivity (Wildman–Crippen MR) is 99.3 cm³/mol. The highest BCUT2D eigenvalue weighted by molar-refractivity contribution is 6.99. The van der Waals surface area contributed by atoms with Gasteiger partial charge in [-0.15, -0.1) is 0 Å². The Morgan fingerprint density at radius 3 is 2.32 bits per heavy atom. The number of carbonyl (C=O) groups is 1. The van der Waals surface area contributed by atoms with Crippen molar-refractivity contribution in [2.24, 2.45) is 0 Å². The van der Waals surface area contributed by atoms with E-state index in [1.165, 1.54) is 11.7 Å². The van der Waals surface area contributed by atoms with Crippen molar-refractivity contribution < 1.29 is 9.53 Å². The van der Waals surface area contributed by atoms with Crippen LogP contribution in [0.3, 0.4) is 0 Å². The topological polar surface area (TPSA) is 64.1 Å². The van der Waals surface area contributed by atoms with Crippen LogP contribution in [0.2, 0.25) is 0 Å². The number of ether oxygens (including phenoxy) is 1. The molecule has 1 heterocycles. The van der Waals surface area contributed by atoms with E-state index >= 15 is 0 Å². The van der Waals surface area contributed by atoms with Crippen molar-refractivity contribution in [3.8, 4) is 5.75 Å². The monoisotopic (exact) mass is 353 g/mol. The number of carbonyl (C=O) groups excluding carboxylic acids is 1. The number of amides is 1. The fourth-order valence-corrected chi connectivity index (χ4v) is 3.04. The minimum Gasteiger partial charge on any atom is -0.487 e. The van der Waals surface area contributed by atoms with Crippen LogP contribution in [-0.2, 0) is 6.61 Å². The molecule has 0 aliphatic heterocycles. The number of hydrogen-bond acceptors (Lipinski definition) is 5. The average Bonchev–Trinajstić information content (AvgIpc) is 2.97. The van der Waals surface area contributed by atoms with Gasteiger partial charge in [-0.3, -0.25) is 4.79 Å². The third-order valence-corrected chi connectivity index (χ3v) is 4.38. The molecule has 128 valence electrons. The summed E-state index contributed by atoms with van der Waals surface area (Å²) in [7, 11) is 0. The zero-order chi connectivity index (χ0) is 17.8. The number of nitrogens with one attached hydrogen (secondary N) is 1. The van der Waals surface area contributed by atoms with Gasteiger partial charge in [0.1, 0.15) is 18.1 Å². The summed E-state index contributed by atoms with van der Waals surface area (Å²) in [5.74, 6) is 0.548. The molecule has 0 saturated carbocycles. The Bertz CT molecular complexity index is 868. The fourth-order valence-electron chi connectivity index (χ4n) is 2.48. The molecule has 0 saturated heterocycles. The van der Waals surface area contributed by atoms with E-state index in [2.05, 4.69) is 20.1 Å². The predicted octanol–water partition coefficient (Wildman–Crippen LogP) is 4.29. The Labute approximate surface area is 151 Å². The summed E-state index contributed by atoms with van der Waals surface area (Å²) in [4.78, 5) is 12.4. The van der Waals surface area contributed by atoms with E-state index in [9.17, 15) is 4.79 Å². The van der Waals surface area contributed by atoms with E-state index in [-0.39, 0.29) is 5.91 Å². The van der Waals surface area contributed by atoms with Crippen molar-refractivity contribution in [1.82, 2.24) is 8.75 Å². The summed E-state index contributed by atoms with van der Waals surface area (Å²) in [6.07, 6.45) is 0. The van der Waals surface area contributed by atoms with Gasteiger partial charge in [0, 0.05) is 11.3 Å². The van der Waals surface area contributed by atoms with Crippen molar-refractivity contribution >= 4 is 23.3 Å². The second kappa shape index (κ2) is 7.44. The second-order valence-corrected chi connectivity index (χ2v) is 6.47. The van der Waals surface area contributed by atoms with Gasteiger partial charge in [0.15, 0.2) is 0 Å². The molecule has 0 aliphatic rings. The maximum absolute atomic E-state index is 12.4. The Morgan fingerprint density at radius 2 is 1.72 bits per heavy atom. The van der Waals surface area contributed by atoms with Crippen LogP contribution in [0.25, 0.3) is 0 Å². The molecular formula is C19H19N3O2S. The van der Waals surface area contributed by atoms with Gasteiger partial charge in [-0.05, 0) is 68.3 Å². The molecule has 0 radical (unpaired) electrons. The lowest BCUT2D eigenvalue weighted by atomic mass is 10.1. The normalized spacial score (nSPS) is 10.5. The van der Waals surface area contributed by atoms with Gasteiger partial charge in [0.25, 0.3) is 5.91 Å². The number of nitrogens with zero attached hydrogens (tertiary/aromatic N) is 2.